The van der Waals surface area contributed by atoms with Crippen LogP contribution in [0.5, 0.6) is 5.88 Å². The van der Waals surface area contributed by atoms with Crippen molar-refractivity contribution in [2.45, 2.75) is 25.3 Å². The van der Waals surface area contributed by atoms with Crippen molar-refractivity contribution >= 4 is 40.7 Å². The van der Waals surface area contributed by atoms with Crippen LogP contribution < -0.4 is 15.4 Å². The van der Waals surface area contributed by atoms with Crippen molar-refractivity contribution in [2.24, 2.45) is 0 Å². The molecule has 2 aromatic rings. The Morgan fingerprint density at radius 3 is 2.88 bits per heavy atom. The Hall–Kier alpha value is -1.77. The quantitative estimate of drug-likeness (QED) is 0.779. The highest BCUT2D eigenvalue weighted by Crippen LogP contribution is 2.38. The van der Waals surface area contributed by atoms with Gasteiger partial charge in [-0.3, -0.25) is 0 Å². The fraction of sp³-hybridized carbons (Fsp3) is 0.533. The lowest BCUT2D eigenvalue weighted by Gasteiger charge is -2.22. The molecule has 134 valence electrons. The predicted molar refractivity (Wildman–Crippen MR) is 95.3 cm³/mol. The molecule has 2 aromatic heterocycles. The minimum absolute atomic E-state index is 0.190. The summed E-state index contributed by atoms with van der Waals surface area (Å²) in [5.74, 6) is 1.42. The minimum Gasteiger partial charge on any atom is -0.475 e. The summed E-state index contributed by atoms with van der Waals surface area (Å²) in [5.41, 5.74) is 0.573. The second kappa shape index (κ2) is 7.23. The van der Waals surface area contributed by atoms with Crippen LogP contribution in [0.1, 0.15) is 25.3 Å². The van der Waals surface area contributed by atoms with Gasteiger partial charge in [-0.05, 0) is 19.3 Å². The van der Waals surface area contributed by atoms with Gasteiger partial charge in [-0.15, -0.1) is 5.10 Å². The third-order valence-electron chi connectivity index (χ3n) is 4.19. The second-order valence-electron chi connectivity index (χ2n) is 5.90. The smallest absolute Gasteiger partial charge is 0.258 e. The van der Waals surface area contributed by atoms with E-state index in [-0.39, 0.29) is 6.04 Å². The zero-order chi connectivity index (χ0) is 17.2. The molecule has 0 radical (unpaired) electrons. The van der Waals surface area contributed by atoms with Gasteiger partial charge < -0.3 is 20.1 Å². The molecule has 2 aliphatic heterocycles. The molecule has 0 unspecified atom stereocenters. The molecule has 0 aliphatic carbocycles. The molecule has 0 aromatic carbocycles. The van der Waals surface area contributed by atoms with Crippen LogP contribution in [0.3, 0.4) is 0 Å². The summed E-state index contributed by atoms with van der Waals surface area (Å²) in [6.45, 7) is 2.59. The van der Waals surface area contributed by atoms with E-state index in [1.807, 2.05) is 4.68 Å². The van der Waals surface area contributed by atoms with Crippen molar-refractivity contribution in [3.05, 3.63) is 16.4 Å². The van der Waals surface area contributed by atoms with Gasteiger partial charge in [-0.1, -0.05) is 23.2 Å². The summed E-state index contributed by atoms with van der Waals surface area (Å²) in [6, 6.07) is 0.190. The molecule has 0 atom stereocenters. The molecule has 0 saturated carbocycles. The monoisotopic (exact) mass is 384 g/mol. The summed E-state index contributed by atoms with van der Waals surface area (Å²) < 4.78 is 13.1. The van der Waals surface area contributed by atoms with Gasteiger partial charge in [0.1, 0.15) is 10.7 Å². The summed E-state index contributed by atoms with van der Waals surface area (Å²) in [4.78, 5) is 8.61. The van der Waals surface area contributed by atoms with Gasteiger partial charge in [0.05, 0.1) is 18.8 Å². The standard InChI is InChI=1S/C15H18Cl2N6O2/c16-10-8-19-15-20-11-12(17)23(9-2-6-24-7-3-9)22-14(11)25-5-1-4-18-13(10)21-15/h8-9H,1-7H2,(H2,18,19,20,21). The normalized spacial score (nSPS) is 18.3. The van der Waals surface area contributed by atoms with E-state index in [1.54, 1.807) is 6.20 Å². The number of anilines is 3. The average Bonchev–Trinajstić information content (AvgIpc) is 2.92. The molecule has 4 heterocycles. The SMILES string of the molecule is Clc1cnc2nc1NCCCOc1nn(C3CCOCC3)c(Cl)c1N2. The number of hydrogen-bond acceptors (Lipinski definition) is 7. The number of aromatic nitrogens is 4. The highest BCUT2D eigenvalue weighted by Gasteiger charge is 2.26. The van der Waals surface area contributed by atoms with Gasteiger partial charge in [-0.2, -0.15) is 4.98 Å². The van der Waals surface area contributed by atoms with Gasteiger partial charge in [0.15, 0.2) is 11.0 Å². The second-order valence-corrected chi connectivity index (χ2v) is 6.67. The van der Waals surface area contributed by atoms with Crippen LogP contribution in [0, 0.1) is 0 Å². The average molecular weight is 385 g/mol. The molecule has 10 heteroatoms. The maximum Gasteiger partial charge on any atom is 0.258 e. The maximum absolute atomic E-state index is 6.60. The molecule has 2 bridgehead atoms. The topological polar surface area (TPSA) is 86.1 Å². The number of hydrogen-bond donors (Lipinski definition) is 2. The lowest BCUT2D eigenvalue weighted by Crippen LogP contribution is -2.20. The summed E-state index contributed by atoms with van der Waals surface area (Å²) in [7, 11) is 0. The molecular formula is C15H18Cl2N6O2. The molecular weight excluding hydrogens is 367 g/mol. The fourth-order valence-corrected chi connectivity index (χ4v) is 3.34. The lowest BCUT2D eigenvalue weighted by molar-refractivity contribution is 0.0659. The zero-order valence-corrected chi connectivity index (χ0v) is 15.0. The Bertz CT molecular complexity index is 763. The van der Waals surface area contributed by atoms with E-state index in [4.69, 9.17) is 32.7 Å². The zero-order valence-electron chi connectivity index (χ0n) is 13.5. The van der Waals surface area contributed by atoms with E-state index in [2.05, 4.69) is 25.7 Å². The highest BCUT2D eigenvalue weighted by atomic mass is 35.5. The van der Waals surface area contributed by atoms with E-state index in [0.29, 0.717) is 59.9 Å². The van der Waals surface area contributed by atoms with Crippen LogP contribution in [-0.4, -0.2) is 46.1 Å². The molecule has 2 aliphatic rings. The van der Waals surface area contributed by atoms with Crippen LogP contribution in [0.4, 0.5) is 17.5 Å². The molecule has 0 amide bonds. The Kier molecular flexibility index (Phi) is 4.82. The third kappa shape index (κ3) is 3.47. The molecule has 4 rings (SSSR count). The Labute approximate surface area is 154 Å². The van der Waals surface area contributed by atoms with E-state index in [9.17, 15) is 0 Å². The Morgan fingerprint density at radius 2 is 2.04 bits per heavy atom. The van der Waals surface area contributed by atoms with Crippen molar-refractivity contribution in [1.29, 1.82) is 0 Å². The van der Waals surface area contributed by atoms with E-state index in [0.717, 1.165) is 19.3 Å². The van der Waals surface area contributed by atoms with Gasteiger partial charge in [0.25, 0.3) is 5.88 Å². The van der Waals surface area contributed by atoms with Crippen LogP contribution in [0.25, 0.3) is 0 Å². The maximum atomic E-state index is 6.60. The molecule has 1 fully saturated rings. The van der Waals surface area contributed by atoms with E-state index < -0.39 is 0 Å². The number of nitrogens with one attached hydrogen (secondary N) is 2. The number of fused-ring (bicyclic) bond motifs is 3. The molecule has 2 N–H and O–H groups in total. The van der Waals surface area contributed by atoms with Crippen molar-refractivity contribution in [3.8, 4) is 5.88 Å². The van der Waals surface area contributed by atoms with Gasteiger partial charge in [0, 0.05) is 19.8 Å². The first-order valence-electron chi connectivity index (χ1n) is 8.24. The molecule has 25 heavy (non-hydrogen) atoms. The first kappa shape index (κ1) is 16.7. The summed E-state index contributed by atoms with van der Waals surface area (Å²) >= 11 is 12.7. The molecule has 1 saturated heterocycles. The Balaban J connectivity index is 1.71. The fourth-order valence-electron chi connectivity index (χ4n) is 2.88. The predicted octanol–water partition coefficient (Wildman–Crippen LogP) is 3.27. The number of ether oxygens (including phenoxy) is 2. The van der Waals surface area contributed by atoms with Crippen LogP contribution in [0.2, 0.25) is 10.2 Å². The van der Waals surface area contributed by atoms with E-state index >= 15 is 0 Å². The number of nitrogens with zero attached hydrogens (tertiary/aromatic N) is 4. The largest absolute Gasteiger partial charge is 0.475 e. The number of halogens is 2. The molecule has 0 spiro atoms. The van der Waals surface area contributed by atoms with E-state index in [1.165, 1.54) is 0 Å². The summed E-state index contributed by atoms with van der Waals surface area (Å²) in [5, 5.41) is 11.8. The Morgan fingerprint density at radius 1 is 1.20 bits per heavy atom. The van der Waals surface area contributed by atoms with Crippen molar-refractivity contribution < 1.29 is 9.47 Å². The number of rotatable bonds is 1. The summed E-state index contributed by atoms with van der Waals surface area (Å²) in [6.07, 6.45) is 4.06. The van der Waals surface area contributed by atoms with Crippen LogP contribution in [-0.2, 0) is 4.74 Å². The van der Waals surface area contributed by atoms with Crippen LogP contribution in [0.15, 0.2) is 6.20 Å². The van der Waals surface area contributed by atoms with Gasteiger partial charge in [-0.25, -0.2) is 9.67 Å². The molecule has 8 nitrogen and oxygen atoms in total. The van der Waals surface area contributed by atoms with Crippen molar-refractivity contribution in [3.63, 3.8) is 0 Å². The lowest BCUT2D eigenvalue weighted by atomic mass is 10.1. The van der Waals surface area contributed by atoms with Crippen molar-refractivity contribution in [1.82, 2.24) is 19.7 Å². The first-order chi connectivity index (χ1) is 12.2. The van der Waals surface area contributed by atoms with Gasteiger partial charge in [0.2, 0.25) is 5.95 Å². The first-order valence-corrected chi connectivity index (χ1v) is 9.00. The van der Waals surface area contributed by atoms with Crippen LogP contribution >= 0.6 is 23.2 Å². The minimum atomic E-state index is 0.190. The third-order valence-corrected chi connectivity index (χ3v) is 4.83. The van der Waals surface area contributed by atoms with Crippen molar-refractivity contribution in [2.75, 3.05) is 37.0 Å². The van der Waals surface area contributed by atoms with Gasteiger partial charge >= 0.3 is 0 Å². The highest BCUT2D eigenvalue weighted by molar-refractivity contribution is 6.33.